The lowest BCUT2D eigenvalue weighted by atomic mass is 10.1. The molecule has 4 heteroatoms. The van der Waals surface area contributed by atoms with Crippen molar-refractivity contribution in [3.63, 3.8) is 0 Å². The van der Waals surface area contributed by atoms with E-state index in [1.807, 2.05) is 11.0 Å². The molecular weight excluding hydrogens is 262 g/mol. The Hall–Kier alpha value is -1.81. The van der Waals surface area contributed by atoms with E-state index in [1.165, 1.54) is 16.5 Å². The summed E-state index contributed by atoms with van der Waals surface area (Å²) in [4.78, 5) is 17.4. The lowest BCUT2D eigenvalue weighted by Gasteiger charge is -2.16. The molecule has 2 heterocycles. The van der Waals surface area contributed by atoms with Crippen molar-refractivity contribution in [1.82, 2.24) is 9.88 Å². The number of H-pyrrole nitrogens is 1. The van der Waals surface area contributed by atoms with Crippen LogP contribution in [-0.4, -0.2) is 35.4 Å². The molecule has 1 atom stereocenters. The average Bonchev–Trinajstić information content (AvgIpc) is 3.14. The van der Waals surface area contributed by atoms with Gasteiger partial charge in [0.1, 0.15) is 0 Å². The number of carbonyl (C=O) groups excluding carboxylic acids is 1. The summed E-state index contributed by atoms with van der Waals surface area (Å²) in [6.07, 6.45) is 5.62. The van der Waals surface area contributed by atoms with E-state index in [0.29, 0.717) is 18.9 Å². The smallest absolute Gasteiger partial charge is 0.222 e. The quantitative estimate of drug-likeness (QED) is 0.885. The number of aromatic nitrogens is 1. The van der Waals surface area contributed by atoms with Gasteiger partial charge in [0.25, 0.3) is 0 Å². The van der Waals surface area contributed by atoms with Crippen molar-refractivity contribution >= 4 is 16.8 Å². The van der Waals surface area contributed by atoms with Gasteiger partial charge in [0.15, 0.2) is 0 Å². The van der Waals surface area contributed by atoms with E-state index in [9.17, 15) is 4.79 Å². The molecular formula is C17H23N3O. The van der Waals surface area contributed by atoms with Gasteiger partial charge in [-0.15, -0.1) is 0 Å². The van der Waals surface area contributed by atoms with E-state index < -0.39 is 0 Å². The number of carbonyl (C=O) groups is 1. The predicted molar refractivity (Wildman–Crippen MR) is 85.0 cm³/mol. The molecule has 1 aromatic carbocycles. The van der Waals surface area contributed by atoms with Crippen LogP contribution in [0.1, 0.15) is 24.8 Å². The molecule has 3 N–H and O–H groups in total. The highest BCUT2D eigenvalue weighted by atomic mass is 16.2. The molecule has 1 unspecified atom stereocenters. The zero-order chi connectivity index (χ0) is 14.7. The van der Waals surface area contributed by atoms with Gasteiger partial charge in [-0.25, -0.2) is 0 Å². The van der Waals surface area contributed by atoms with E-state index >= 15 is 0 Å². The molecule has 0 radical (unpaired) electrons. The molecule has 21 heavy (non-hydrogen) atoms. The van der Waals surface area contributed by atoms with E-state index in [2.05, 4.69) is 29.4 Å². The second-order valence-corrected chi connectivity index (χ2v) is 5.94. The normalized spacial score (nSPS) is 18.5. The van der Waals surface area contributed by atoms with Crippen molar-refractivity contribution in [3.05, 3.63) is 36.0 Å². The number of likely N-dealkylation sites (tertiary alicyclic amines) is 1. The number of benzene rings is 1. The highest BCUT2D eigenvalue weighted by Crippen LogP contribution is 2.20. The Morgan fingerprint density at radius 3 is 3.05 bits per heavy atom. The summed E-state index contributed by atoms with van der Waals surface area (Å²) in [5.74, 6) is 0.786. The largest absolute Gasteiger partial charge is 0.361 e. The van der Waals surface area contributed by atoms with Crippen LogP contribution in [0.2, 0.25) is 0 Å². The number of aryl methyl sites for hydroxylation is 1. The average molecular weight is 285 g/mol. The SMILES string of the molecule is NCC1CCN(C(=O)CCCc2c[nH]c3ccccc23)C1. The summed E-state index contributed by atoms with van der Waals surface area (Å²) < 4.78 is 0. The lowest BCUT2D eigenvalue weighted by molar-refractivity contribution is -0.130. The maximum Gasteiger partial charge on any atom is 0.222 e. The number of amides is 1. The molecule has 112 valence electrons. The van der Waals surface area contributed by atoms with Crippen LogP contribution in [0.3, 0.4) is 0 Å². The van der Waals surface area contributed by atoms with Crippen molar-refractivity contribution in [1.29, 1.82) is 0 Å². The Kier molecular flexibility index (Phi) is 4.25. The Labute approximate surface area is 125 Å². The van der Waals surface area contributed by atoms with Crippen molar-refractivity contribution in [2.24, 2.45) is 11.7 Å². The summed E-state index contributed by atoms with van der Waals surface area (Å²) in [5.41, 5.74) is 8.15. The monoisotopic (exact) mass is 285 g/mol. The number of fused-ring (bicyclic) bond motifs is 1. The molecule has 4 nitrogen and oxygen atoms in total. The molecule has 1 fully saturated rings. The van der Waals surface area contributed by atoms with Gasteiger partial charge >= 0.3 is 0 Å². The number of nitrogens with two attached hydrogens (primary N) is 1. The third kappa shape index (κ3) is 3.10. The highest BCUT2D eigenvalue weighted by molar-refractivity contribution is 5.83. The molecule has 1 aliphatic heterocycles. The Bertz CT molecular complexity index is 619. The third-order valence-electron chi connectivity index (χ3n) is 4.48. The van der Waals surface area contributed by atoms with E-state index in [1.54, 1.807) is 0 Å². The zero-order valence-electron chi connectivity index (χ0n) is 12.3. The van der Waals surface area contributed by atoms with Crippen LogP contribution in [0.15, 0.2) is 30.5 Å². The topological polar surface area (TPSA) is 62.1 Å². The molecule has 0 bridgehead atoms. The van der Waals surface area contributed by atoms with Crippen molar-refractivity contribution in [2.75, 3.05) is 19.6 Å². The van der Waals surface area contributed by atoms with Crippen molar-refractivity contribution in [3.8, 4) is 0 Å². The fourth-order valence-corrected chi connectivity index (χ4v) is 3.18. The molecule has 1 saturated heterocycles. The first-order valence-corrected chi connectivity index (χ1v) is 7.80. The van der Waals surface area contributed by atoms with Gasteiger partial charge in [-0.1, -0.05) is 18.2 Å². The fourth-order valence-electron chi connectivity index (χ4n) is 3.18. The first kappa shape index (κ1) is 14.1. The highest BCUT2D eigenvalue weighted by Gasteiger charge is 2.24. The number of hydrogen-bond acceptors (Lipinski definition) is 2. The molecule has 0 aliphatic carbocycles. The van der Waals surface area contributed by atoms with Gasteiger partial charge < -0.3 is 15.6 Å². The van der Waals surface area contributed by atoms with Crippen LogP contribution in [0.4, 0.5) is 0 Å². The maximum atomic E-state index is 12.2. The van der Waals surface area contributed by atoms with Gasteiger partial charge in [0.2, 0.25) is 5.91 Å². The summed E-state index contributed by atoms with van der Waals surface area (Å²) in [6.45, 7) is 2.43. The second kappa shape index (κ2) is 6.31. The minimum absolute atomic E-state index is 0.283. The van der Waals surface area contributed by atoms with Crippen LogP contribution in [0, 0.1) is 5.92 Å². The standard InChI is InChI=1S/C17H23N3O/c18-10-13-8-9-20(12-13)17(21)7-3-4-14-11-19-16-6-2-1-5-15(14)16/h1-2,5-6,11,13,19H,3-4,7-10,12,18H2. The van der Waals surface area contributed by atoms with Crippen LogP contribution < -0.4 is 5.73 Å². The molecule has 0 saturated carbocycles. The zero-order valence-corrected chi connectivity index (χ0v) is 12.3. The van der Waals surface area contributed by atoms with Crippen LogP contribution in [0.5, 0.6) is 0 Å². The Morgan fingerprint density at radius 1 is 1.38 bits per heavy atom. The molecule has 1 aromatic heterocycles. The van der Waals surface area contributed by atoms with Gasteiger partial charge in [-0.05, 0) is 43.4 Å². The predicted octanol–water partition coefficient (Wildman–Crippen LogP) is 2.30. The number of nitrogens with zero attached hydrogens (tertiary/aromatic N) is 1. The molecule has 2 aromatic rings. The van der Waals surface area contributed by atoms with E-state index in [4.69, 9.17) is 5.73 Å². The fraction of sp³-hybridized carbons (Fsp3) is 0.471. The molecule has 1 aliphatic rings. The summed E-state index contributed by atoms with van der Waals surface area (Å²) in [7, 11) is 0. The minimum atomic E-state index is 0.283. The maximum absolute atomic E-state index is 12.2. The van der Waals surface area contributed by atoms with Gasteiger partial charge in [0.05, 0.1) is 0 Å². The van der Waals surface area contributed by atoms with Crippen molar-refractivity contribution < 1.29 is 4.79 Å². The Balaban J connectivity index is 1.51. The van der Waals surface area contributed by atoms with Gasteiger partial charge in [-0.3, -0.25) is 4.79 Å². The van der Waals surface area contributed by atoms with Crippen LogP contribution in [-0.2, 0) is 11.2 Å². The molecule has 1 amide bonds. The summed E-state index contributed by atoms with van der Waals surface area (Å²) in [6, 6.07) is 8.31. The lowest BCUT2D eigenvalue weighted by Crippen LogP contribution is -2.29. The van der Waals surface area contributed by atoms with E-state index in [-0.39, 0.29) is 5.91 Å². The second-order valence-electron chi connectivity index (χ2n) is 5.94. The third-order valence-corrected chi connectivity index (χ3v) is 4.48. The van der Waals surface area contributed by atoms with Crippen LogP contribution >= 0.6 is 0 Å². The summed E-state index contributed by atoms with van der Waals surface area (Å²) >= 11 is 0. The number of hydrogen-bond donors (Lipinski definition) is 2. The van der Waals surface area contributed by atoms with Gasteiger partial charge in [0, 0.05) is 36.6 Å². The first-order valence-electron chi connectivity index (χ1n) is 7.80. The van der Waals surface area contributed by atoms with Crippen LogP contribution in [0.25, 0.3) is 10.9 Å². The van der Waals surface area contributed by atoms with E-state index in [0.717, 1.165) is 32.4 Å². The molecule has 0 spiro atoms. The summed E-state index contributed by atoms with van der Waals surface area (Å²) in [5, 5.41) is 1.27. The molecule has 3 rings (SSSR count). The Morgan fingerprint density at radius 2 is 2.24 bits per heavy atom. The van der Waals surface area contributed by atoms with Crippen molar-refractivity contribution in [2.45, 2.75) is 25.7 Å². The minimum Gasteiger partial charge on any atom is -0.361 e. The number of aromatic amines is 1. The number of para-hydroxylation sites is 1. The number of nitrogens with one attached hydrogen (secondary N) is 1. The first-order chi connectivity index (χ1) is 10.3. The number of rotatable bonds is 5. The van der Waals surface area contributed by atoms with Gasteiger partial charge in [-0.2, -0.15) is 0 Å².